The normalized spacial score (nSPS) is 15.8. The van der Waals surface area contributed by atoms with Crippen LogP contribution in [0.25, 0.3) is 0 Å². The van der Waals surface area contributed by atoms with E-state index in [0.29, 0.717) is 23.8 Å². The molecule has 0 saturated heterocycles. The Morgan fingerprint density at radius 2 is 1.71 bits per heavy atom. The van der Waals surface area contributed by atoms with Gasteiger partial charge in [-0.2, -0.15) is 0 Å². The van der Waals surface area contributed by atoms with Crippen molar-refractivity contribution < 1.29 is 18.3 Å². The molecule has 7 heteroatoms. The minimum absolute atomic E-state index is 0.145. The summed E-state index contributed by atoms with van der Waals surface area (Å²) in [5, 5.41) is 9.30. The molecule has 0 aromatic heterocycles. The van der Waals surface area contributed by atoms with Gasteiger partial charge < -0.3 is 5.11 Å². The first kappa shape index (κ1) is 23.8. The Balaban J connectivity index is 1.73. The van der Waals surface area contributed by atoms with Gasteiger partial charge in [-0.05, 0) is 67.0 Å². The van der Waals surface area contributed by atoms with E-state index in [2.05, 4.69) is 4.72 Å². The van der Waals surface area contributed by atoms with Gasteiger partial charge in [-0.3, -0.25) is 4.79 Å². The quantitative estimate of drug-likeness (QED) is 0.445. The Morgan fingerprint density at radius 1 is 1.06 bits per heavy atom. The molecule has 1 aliphatic carbocycles. The molecular formula is C24H30ClNO4S. The van der Waals surface area contributed by atoms with Crippen LogP contribution in [0.5, 0.6) is 0 Å². The number of aliphatic carboxylic acids is 1. The van der Waals surface area contributed by atoms with E-state index in [1.54, 1.807) is 12.1 Å². The predicted octanol–water partition coefficient (Wildman–Crippen LogP) is 5.74. The van der Waals surface area contributed by atoms with Crippen LogP contribution in [0, 0.1) is 5.92 Å². The highest BCUT2D eigenvalue weighted by Crippen LogP contribution is 2.32. The van der Waals surface area contributed by atoms with Crippen LogP contribution in [0.4, 0.5) is 0 Å². The number of hydrogen-bond acceptors (Lipinski definition) is 3. The van der Waals surface area contributed by atoms with Crippen molar-refractivity contribution in [2.24, 2.45) is 5.92 Å². The zero-order valence-corrected chi connectivity index (χ0v) is 19.2. The van der Waals surface area contributed by atoms with E-state index in [4.69, 9.17) is 16.7 Å². The van der Waals surface area contributed by atoms with Gasteiger partial charge >= 0.3 is 5.97 Å². The first-order chi connectivity index (χ1) is 14.8. The number of nitrogens with one attached hydrogen (secondary N) is 1. The molecule has 5 nitrogen and oxygen atoms in total. The largest absolute Gasteiger partial charge is 0.481 e. The van der Waals surface area contributed by atoms with Gasteiger partial charge in [0.05, 0.1) is 4.90 Å². The van der Waals surface area contributed by atoms with Crippen molar-refractivity contribution in [2.75, 3.05) is 0 Å². The Hall–Kier alpha value is -1.89. The molecule has 168 valence electrons. The Kier molecular flexibility index (Phi) is 8.52. The van der Waals surface area contributed by atoms with E-state index in [1.807, 2.05) is 24.3 Å². The van der Waals surface area contributed by atoms with Crippen LogP contribution in [0.2, 0.25) is 5.02 Å². The predicted molar refractivity (Wildman–Crippen MR) is 123 cm³/mol. The van der Waals surface area contributed by atoms with Crippen molar-refractivity contribution in [1.29, 1.82) is 0 Å². The lowest BCUT2D eigenvalue weighted by molar-refractivity contribution is -0.137. The van der Waals surface area contributed by atoms with Crippen molar-refractivity contribution in [3.63, 3.8) is 0 Å². The van der Waals surface area contributed by atoms with Crippen molar-refractivity contribution >= 4 is 27.6 Å². The third kappa shape index (κ3) is 7.34. The maximum atomic E-state index is 13.0. The summed E-state index contributed by atoms with van der Waals surface area (Å²) in [5.74, 6) is -0.127. The third-order valence-corrected chi connectivity index (χ3v) is 7.74. The number of sulfonamides is 1. The topological polar surface area (TPSA) is 83.5 Å². The Labute approximate surface area is 189 Å². The van der Waals surface area contributed by atoms with E-state index in [1.165, 1.54) is 37.8 Å². The summed E-state index contributed by atoms with van der Waals surface area (Å²) in [7, 11) is -3.68. The lowest BCUT2D eigenvalue weighted by Crippen LogP contribution is -2.29. The second-order valence-corrected chi connectivity index (χ2v) is 10.5. The van der Waals surface area contributed by atoms with Gasteiger partial charge in [-0.15, -0.1) is 0 Å². The highest BCUT2D eigenvalue weighted by molar-refractivity contribution is 7.89. The lowest BCUT2D eigenvalue weighted by Gasteiger charge is -2.21. The highest BCUT2D eigenvalue weighted by atomic mass is 35.5. The third-order valence-electron chi connectivity index (χ3n) is 6.00. The molecule has 2 aromatic carbocycles. The molecule has 0 heterocycles. The fraction of sp³-hybridized carbons (Fsp3) is 0.458. The van der Waals surface area contributed by atoms with Gasteiger partial charge in [-0.25, -0.2) is 13.1 Å². The Bertz CT molecular complexity index is 952. The number of carbonyl (C=O) groups is 1. The van der Waals surface area contributed by atoms with Crippen LogP contribution in [-0.4, -0.2) is 19.5 Å². The molecule has 1 atom stereocenters. The van der Waals surface area contributed by atoms with Gasteiger partial charge in [0.2, 0.25) is 10.0 Å². The van der Waals surface area contributed by atoms with Crippen molar-refractivity contribution in [2.45, 2.75) is 68.7 Å². The molecule has 31 heavy (non-hydrogen) atoms. The minimum atomic E-state index is -3.68. The van der Waals surface area contributed by atoms with Gasteiger partial charge in [0.25, 0.3) is 0 Å². The molecule has 1 saturated carbocycles. The molecule has 1 aliphatic rings. The van der Waals surface area contributed by atoms with E-state index >= 15 is 0 Å². The first-order valence-electron chi connectivity index (χ1n) is 10.9. The second kappa shape index (κ2) is 11.1. The van der Waals surface area contributed by atoms with E-state index in [0.717, 1.165) is 24.0 Å². The first-order valence-corrected chi connectivity index (χ1v) is 12.8. The molecular weight excluding hydrogens is 434 g/mol. The van der Waals surface area contributed by atoms with Gasteiger partial charge in [-0.1, -0.05) is 61.5 Å². The van der Waals surface area contributed by atoms with Crippen molar-refractivity contribution in [1.82, 2.24) is 4.72 Å². The van der Waals surface area contributed by atoms with Crippen molar-refractivity contribution in [3.05, 3.63) is 64.7 Å². The Morgan fingerprint density at radius 3 is 2.32 bits per heavy atom. The summed E-state index contributed by atoms with van der Waals surface area (Å²) < 4.78 is 28.9. The number of carboxylic acid groups (broad SMARTS) is 1. The number of carboxylic acids is 1. The molecule has 2 N–H and O–H groups in total. The molecule has 0 spiro atoms. The van der Waals surface area contributed by atoms with Crippen molar-refractivity contribution in [3.8, 4) is 0 Å². The lowest BCUT2D eigenvalue weighted by atomic mass is 9.94. The number of aryl methyl sites for hydroxylation is 1. The molecule has 1 fully saturated rings. The summed E-state index contributed by atoms with van der Waals surface area (Å²) in [6.45, 7) is 0. The SMILES string of the molecule is O=C(O)CCCc1ccc(C(CCC2CCCC2)NS(=O)(=O)c2ccc(Cl)cc2)cc1. The van der Waals surface area contributed by atoms with Gasteiger partial charge in [0, 0.05) is 17.5 Å². The molecule has 2 aromatic rings. The number of halogens is 1. The maximum Gasteiger partial charge on any atom is 0.303 e. The molecule has 0 amide bonds. The van der Waals surface area contributed by atoms with Gasteiger partial charge in [0.15, 0.2) is 0 Å². The smallest absolute Gasteiger partial charge is 0.303 e. The standard InChI is InChI=1S/C24H30ClNO4S/c25-21-13-15-22(16-14-21)31(29,30)26-23(17-10-18-4-1-2-5-18)20-11-8-19(9-12-20)6-3-7-24(27)28/h8-9,11-16,18,23,26H,1-7,10,17H2,(H,27,28). The maximum absolute atomic E-state index is 13.0. The van der Waals surface area contributed by atoms with Crippen LogP contribution in [0.1, 0.15) is 68.5 Å². The molecule has 0 aliphatic heterocycles. The van der Waals surface area contributed by atoms with Crippen LogP contribution < -0.4 is 4.72 Å². The summed E-state index contributed by atoms with van der Waals surface area (Å²) in [5.41, 5.74) is 1.98. The summed E-state index contributed by atoms with van der Waals surface area (Å²) >= 11 is 5.91. The average Bonchev–Trinajstić information content (AvgIpc) is 3.25. The monoisotopic (exact) mass is 463 g/mol. The zero-order valence-electron chi connectivity index (χ0n) is 17.6. The molecule has 1 unspecified atom stereocenters. The van der Waals surface area contributed by atoms with Gasteiger partial charge in [0.1, 0.15) is 0 Å². The zero-order chi connectivity index (χ0) is 22.3. The van der Waals surface area contributed by atoms with E-state index in [9.17, 15) is 13.2 Å². The fourth-order valence-corrected chi connectivity index (χ4v) is 5.61. The second-order valence-electron chi connectivity index (χ2n) is 8.34. The number of hydrogen-bond donors (Lipinski definition) is 2. The van der Waals surface area contributed by atoms with Crippen LogP contribution in [0.3, 0.4) is 0 Å². The van der Waals surface area contributed by atoms with E-state index < -0.39 is 16.0 Å². The highest BCUT2D eigenvalue weighted by Gasteiger charge is 2.24. The summed E-state index contributed by atoms with van der Waals surface area (Å²) in [6, 6.07) is 13.7. The molecule has 0 radical (unpaired) electrons. The molecule has 3 rings (SSSR count). The minimum Gasteiger partial charge on any atom is -0.481 e. The van der Waals surface area contributed by atoms with Crippen LogP contribution >= 0.6 is 11.6 Å². The summed E-state index contributed by atoms with van der Waals surface area (Å²) in [6.07, 6.45) is 8.13. The number of benzene rings is 2. The fourth-order valence-electron chi connectivity index (χ4n) is 4.22. The van der Waals surface area contributed by atoms with Crippen LogP contribution in [-0.2, 0) is 21.2 Å². The summed E-state index contributed by atoms with van der Waals surface area (Å²) in [4.78, 5) is 10.9. The average molecular weight is 464 g/mol. The van der Waals surface area contributed by atoms with E-state index in [-0.39, 0.29) is 17.4 Å². The molecule has 0 bridgehead atoms. The number of rotatable bonds is 11. The van der Waals surface area contributed by atoms with Crippen LogP contribution in [0.15, 0.2) is 53.4 Å².